The summed E-state index contributed by atoms with van der Waals surface area (Å²) in [6, 6.07) is 3.00. The van der Waals surface area contributed by atoms with Crippen LogP contribution >= 0.6 is 11.3 Å². The van der Waals surface area contributed by atoms with Crippen LogP contribution < -0.4 is 10.0 Å². The molecule has 5 rings (SSSR count). The molecular weight excluding hydrogens is 396 g/mol. The van der Waals surface area contributed by atoms with Crippen LogP contribution in [-0.4, -0.2) is 19.6 Å². The number of carbonyl (C=O) groups excluding carboxylic acids is 1. The van der Waals surface area contributed by atoms with Crippen molar-refractivity contribution in [1.82, 2.24) is 4.72 Å². The molecule has 3 aliphatic carbocycles. The number of nitrogens with one attached hydrogen (secondary N) is 2. The lowest BCUT2D eigenvalue weighted by Crippen LogP contribution is -2.34. The van der Waals surface area contributed by atoms with E-state index in [1.165, 1.54) is 17.2 Å². The zero-order chi connectivity index (χ0) is 19.5. The maximum Gasteiger partial charge on any atom is 0.333 e. The molecule has 148 valence electrons. The van der Waals surface area contributed by atoms with Crippen molar-refractivity contribution in [2.45, 2.75) is 61.2 Å². The maximum atomic E-state index is 12.6. The van der Waals surface area contributed by atoms with Crippen molar-refractivity contribution >= 4 is 33.1 Å². The monoisotopic (exact) mass is 418 g/mol. The second-order valence-electron chi connectivity index (χ2n) is 7.98. The van der Waals surface area contributed by atoms with E-state index in [1.54, 1.807) is 5.38 Å². The number of urea groups is 1. The number of fused-ring (bicyclic) bond motifs is 2. The molecule has 28 heavy (non-hydrogen) atoms. The number of thiophene rings is 1. The third-order valence-corrected chi connectivity index (χ3v) is 8.81. The Labute approximate surface area is 168 Å². The normalized spacial score (nSPS) is 19.2. The van der Waals surface area contributed by atoms with E-state index >= 15 is 0 Å². The van der Waals surface area contributed by atoms with Gasteiger partial charge in [0.1, 0.15) is 4.21 Å². The second-order valence-corrected chi connectivity index (χ2v) is 10.8. The van der Waals surface area contributed by atoms with E-state index in [0.29, 0.717) is 18.4 Å². The molecule has 0 radical (unpaired) electrons. The van der Waals surface area contributed by atoms with E-state index in [0.717, 1.165) is 66.7 Å². The molecule has 1 heterocycles. The summed E-state index contributed by atoms with van der Waals surface area (Å²) in [7, 11) is -3.97. The van der Waals surface area contributed by atoms with Crippen molar-refractivity contribution in [3.05, 3.63) is 45.3 Å². The van der Waals surface area contributed by atoms with Crippen LogP contribution in [0.3, 0.4) is 0 Å². The van der Waals surface area contributed by atoms with Gasteiger partial charge in [0, 0.05) is 5.69 Å². The topological polar surface area (TPSA) is 95.5 Å². The molecule has 2 aromatic rings. The summed E-state index contributed by atoms with van der Waals surface area (Å²) in [5.41, 5.74) is 5.40. The van der Waals surface area contributed by atoms with Crippen molar-refractivity contribution in [1.29, 1.82) is 0 Å². The van der Waals surface area contributed by atoms with Gasteiger partial charge in [-0.3, -0.25) is 0 Å². The first kappa shape index (κ1) is 18.1. The summed E-state index contributed by atoms with van der Waals surface area (Å²) in [6.07, 6.45) is 7.26. The van der Waals surface area contributed by atoms with Crippen LogP contribution in [0, 0.1) is 0 Å². The highest BCUT2D eigenvalue weighted by Crippen LogP contribution is 2.47. The Morgan fingerprint density at radius 1 is 1.04 bits per heavy atom. The summed E-state index contributed by atoms with van der Waals surface area (Å²) in [5, 5.41) is 14.6. The molecule has 0 aliphatic heterocycles. The summed E-state index contributed by atoms with van der Waals surface area (Å²) in [5.74, 6) is 0. The highest BCUT2D eigenvalue weighted by atomic mass is 32.2. The minimum absolute atomic E-state index is 0.0431. The Morgan fingerprint density at radius 3 is 2.29 bits per heavy atom. The Balaban J connectivity index is 1.38. The van der Waals surface area contributed by atoms with Gasteiger partial charge in [-0.1, -0.05) is 6.07 Å². The van der Waals surface area contributed by atoms with E-state index in [-0.39, 0.29) is 4.21 Å². The lowest BCUT2D eigenvalue weighted by atomic mass is 9.99. The molecule has 8 heteroatoms. The van der Waals surface area contributed by atoms with Gasteiger partial charge in [-0.2, -0.15) is 0 Å². The zero-order valence-electron chi connectivity index (χ0n) is 15.4. The number of anilines is 1. The average molecular weight is 419 g/mol. The van der Waals surface area contributed by atoms with E-state index in [2.05, 4.69) is 16.1 Å². The molecule has 1 aromatic carbocycles. The van der Waals surface area contributed by atoms with Crippen LogP contribution in [0.15, 0.2) is 21.7 Å². The first-order valence-electron chi connectivity index (χ1n) is 9.67. The summed E-state index contributed by atoms with van der Waals surface area (Å²) in [6.45, 7) is 0. The van der Waals surface area contributed by atoms with Gasteiger partial charge >= 0.3 is 6.03 Å². The highest BCUT2D eigenvalue weighted by molar-refractivity contribution is 7.92. The Hall–Kier alpha value is -1.90. The first-order valence-corrected chi connectivity index (χ1v) is 12.0. The fourth-order valence-electron chi connectivity index (χ4n) is 4.39. The Morgan fingerprint density at radius 2 is 1.68 bits per heavy atom. The van der Waals surface area contributed by atoms with Crippen molar-refractivity contribution in [3.63, 3.8) is 0 Å². The number of hydrogen-bond acceptors (Lipinski definition) is 5. The van der Waals surface area contributed by atoms with Gasteiger partial charge in [-0.25, -0.2) is 17.9 Å². The van der Waals surface area contributed by atoms with Crippen molar-refractivity contribution < 1.29 is 18.3 Å². The van der Waals surface area contributed by atoms with Gasteiger partial charge < -0.3 is 10.4 Å². The number of hydrogen-bond donors (Lipinski definition) is 3. The van der Waals surface area contributed by atoms with Crippen LogP contribution in [0.2, 0.25) is 0 Å². The molecule has 6 nitrogen and oxygen atoms in total. The lowest BCUT2D eigenvalue weighted by Gasteiger charge is -2.16. The van der Waals surface area contributed by atoms with Gasteiger partial charge in [0.15, 0.2) is 0 Å². The SMILES string of the molecule is O=C(Nc1c2c(cc3c1CCC3)CCC2)NS(=O)(=O)c1cc(C2(O)CC2)cs1. The van der Waals surface area contributed by atoms with Crippen LogP contribution in [0.4, 0.5) is 10.5 Å². The molecular formula is C20H22N2O4S2. The highest BCUT2D eigenvalue weighted by Gasteiger charge is 2.43. The van der Waals surface area contributed by atoms with E-state index < -0.39 is 21.7 Å². The molecule has 0 bridgehead atoms. The summed E-state index contributed by atoms with van der Waals surface area (Å²) in [4.78, 5) is 12.6. The quantitative estimate of drug-likeness (QED) is 0.710. The largest absolute Gasteiger partial charge is 0.385 e. The molecule has 0 atom stereocenters. The third-order valence-electron chi connectivity index (χ3n) is 6.04. The maximum absolute atomic E-state index is 12.6. The van der Waals surface area contributed by atoms with Gasteiger partial charge in [-0.15, -0.1) is 11.3 Å². The molecule has 1 fully saturated rings. The predicted molar refractivity (Wildman–Crippen MR) is 107 cm³/mol. The number of rotatable bonds is 4. The molecule has 1 saturated carbocycles. The third kappa shape index (κ3) is 3.03. The summed E-state index contributed by atoms with van der Waals surface area (Å²) >= 11 is 1.02. The first-order chi connectivity index (χ1) is 13.4. The number of aryl methyl sites for hydroxylation is 2. The number of carbonyl (C=O) groups is 1. The Bertz CT molecular complexity index is 1050. The molecule has 0 saturated heterocycles. The van der Waals surface area contributed by atoms with Crippen molar-refractivity contribution in [2.75, 3.05) is 5.32 Å². The van der Waals surface area contributed by atoms with Crippen LogP contribution in [0.5, 0.6) is 0 Å². The molecule has 1 aromatic heterocycles. The van der Waals surface area contributed by atoms with Crippen LogP contribution in [0.25, 0.3) is 0 Å². The smallest absolute Gasteiger partial charge is 0.333 e. The van der Waals surface area contributed by atoms with Crippen LogP contribution in [-0.2, 0) is 41.3 Å². The summed E-state index contributed by atoms with van der Waals surface area (Å²) < 4.78 is 27.4. The van der Waals surface area contributed by atoms with E-state index in [9.17, 15) is 18.3 Å². The second kappa shape index (κ2) is 6.30. The van der Waals surface area contributed by atoms with Crippen LogP contribution in [0.1, 0.15) is 53.5 Å². The van der Waals surface area contributed by atoms with Crippen molar-refractivity contribution in [2.24, 2.45) is 0 Å². The van der Waals surface area contributed by atoms with E-state index in [1.807, 2.05) is 0 Å². The lowest BCUT2D eigenvalue weighted by molar-refractivity contribution is 0.152. The number of benzene rings is 1. The fraction of sp³-hybridized carbons (Fsp3) is 0.450. The zero-order valence-corrected chi connectivity index (χ0v) is 17.0. The predicted octanol–water partition coefficient (Wildman–Crippen LogP) is 3.22. The standard InChI is InChI=1S/C20H22N2O4S2/c23-19(22-28(25,26)17-10-14(11-27-17)20(24)7-8-20)21-18-15-5-1-3-12(15)9-13-4-2-6-16(13)18/h9-11,24H,1-8H2,(H2,21,22,23). The van der Waals surface area contributed by atoms with Gasteiger partial charge in [0.2, 0.25) is 0 Å². The van der Waals surface area contributed by atoms with Gasteiger partial charge in [-0.05, 0) is 90.6 Å². The molecule has 0 unspecified atom stereocenters. The minimum atomic E-state index is -3.97. The molecule has 3 aliphatic rings. The van der Waals surface area contributed by atoms with E-state index in [4.69, 9.17) is 0 Å². The number of aliphatic hydroxyl groups is 1. The number of amides is 2. The number of sulfonamides is 1. The molecule has 3 N–H and O–H groups in total. The average Bonchev–Trinajstić information content (AvgIpc) is 3.13. The minimum Gasteiger partial charge on any atom is -0.385 e. The molecule has 0 spiro atoms. The van der Waals surface area contributed by atoms with Crippen molar-refractivity contribution in [3.8, 4) is 0 Å². The Kier molecular flexibility index (Phi) is 4.08. The van der Waals surface area contributed by atoms with Gasteiger partial charge in [0.05, 0.1) is 5.60 Å². The fourth-order valence-corrected chi connectivity index (χ4v) is 6.57. The van der Waals surface area contributed by atoms with Gasteiger partial charge in [0.25, 0.3) is 10.0 Å². The molecule has 2 amide bonds.